The molecule has 2 nitrogen and oxygen atoms in total. The second kappa shape index (κ2) is 5.05. The standard InChI is InChI=1S/C14H27NO/c1-5-15-8-12-6-7-13(12)14(9-15)16-11(4)10(2)3/h10-14H,5-9H2,1-4H3/t11-,12-,13-,14-/m1/s1. The predicted octanol–water partition coefficient (Wildman–Crippen LogP) is 2.78. The van der Waals surface area contributed by atoms with Gasteiger partial charge in [-0.25, -0.2) is 0 Å². The molecule has 0 spiro atoms. The average molecular weight is 225 g/mol. The third kappa shape index (κ3) is 2.43. The minimum Gasteiger partial charge on any atom is -0.373 e. The highest BCUT2D eigenvalue weighted by Crippen LogP contribution is 2.42. The van der Waals surface area contributed by atoms with E-state index in [-0.39, 0.29) is 0 Å². The largest absolute Gasteiger partial charge is 0.373 e. The molecule has 4 atom stereocenters. The Kier molecular flexibility index (Phi) is 3.91. The Balaban J connectivity index is 1.91. The van der Waals surface area contributed by atoms with E-state index in [1.54, 1.807) is 0 Å². The number of likely N-dealkylation sites (N-methyl/N-ethyl adjacent to an activating group) is 1. The third-order valence-corrected chi connectivity index (χ3v) is 4.66. The van der Waals surface area contributed by atoms with Gasteiger partial charge in [0, 0.05) is 13.1 Å². The Morgan fingerprint density at radius 2 is 1.94 bits per heavy atom. The molecule has 2 heteroatoms. The van der Waals surface area contributed by atoms with Crippen LogP contribution in [0.25, 0.3) is 0 Å². The SMILES string of the molecule is CCN1C[C@H]2CC[C@H]2[C@H](O[C@H](C)C(C)C)C1. The van der Waals surface area contributed by atoms with Gasteiger partial charge < -0.3 is 9.64 Å². The van der Waals surface area contributed by atoms with Crippen molar-refractivity contribution in [3.63, 3.8) is 0 Å². The van der Waals surface area contributed by atoms with Crippen LogP contribution in [0.15, 0.2) is 0 Å². The van der Waals surface area contributed by atoms with Crippen molar-refractivity contribution in [1.82, 2.24) is 4.90 Å². The second-order valence-electron chi connectivity index (χ2n) is 5.98. The number of rotatable bonds is 4. The van der Waals surface area contributed by atoms with E-state index in [4.69, 9.17) is 4.74 Å². The summed E-state index contributed by atoms with van der Waals surface area (Å²) < 4.78 is 6.28. The van der Waals surface area contributed by atoms with Crippen molar-refractivity contribution in [2.45, 2.75) is 52.7 Å². The van der Waals surface area contributed by atoms with Crippen LogP contribution in [-0.2, 0) is 4.74 Å². The van der Waals surface area contributed by atoms with Gasteiger partial charge in [-0.05, 0) is 44.1 Å². The second-order valence-corrected chi connectivity index (χ2v) is 5.98. The molecular weight excluding hydrogens is 198 g/mol. The van der Waals surface area contributed by atoms with Crippen molar-refractivity contribution in [2.24, 2.45) is 17.8 Å². The van der Waals surface area contributed by atoms with E-state index in [0.717, 1.165) is 18.4 Å². The molecule has 0 amide bonds. The fourth-order valence-electron chi connectivity index (χ4n) is 2.94. The minimum absolute atomic E-state index is 0.406. The molecule has 94 valence electrons. The van der Waals surface area contributed by atoms with E-state index >= 15 is 0 Å². The summed E-state index contributed by atoms with van der Waals surface area (Å²) in [4.78, 5) is 2.57. The highest BCUT2D eigenvalue weighted by Gasteiger charge is 2.43. The maximum absolute atomic E-state index is 6.28. The van der Waals surface area contributed by atoms with Crippen molar-refractivity contribution in [3.8, 4) is 0 Å². The van der Waals surface area contributed by atoms with E-state index in [1.807, 2.05) is 0 Å². The van der Waals surface area contributed by atoms with Crippen LogP contribution in [0, 0.1) is 17.8 Å². The number of ether oxygens (including phenoxy) is 1. The predicted molar refractivity (Wildman–Crippen MR) is 67.5 cm³/mol. The summed E-state index contributed by atoms with van der Waals surface area (Å²) in [5.41, 5.74) is 0. The molecule has 0 aromatic heterocycles. The van der Waals surface area contributed by atoms with Gasteiger partial charge in [0.05, 0.1) is 12.2 Å². The maximum Gasteiger partial charge on any atom is 0.0736 e. The summed E-state index contributed by atoms with van der Waals surface area (Å²) in [6.45, 7) is 12.7. The fourth-order valence-corrected chi connectivity index (χ4v) is 2.94. The van der Waals surface area contributed by atoms with E-state index in [0.29, 0.717) is 18.1 Å². The Bertz CT molecular complexity index is 227. The molecule has 2 rings (SSSR count). The summed E-state index contributed by atoms with van der Waals surface area (Å²) in [6.07, 6.45) is 3.74. The van der Waals surface area contributed by atoms with Crippen LogP contribution in [0.1, 0.15) is 40.5 Å². The fraction of sp³-hybridized carbons (Fsp3) is 1.00. The molecule has 1 aliphatic heterocycles. The highest BCUT2D eigenvalue weighted by molar-refractivity contribution is 4.94. The molecule has 0 bridgehead atoms. The lowest BCUT2D eigenvalue weighted by Crippen LogP contribution is -2.55. The normalized spacial score (nSPS) is 36.9. The molecule has 2 fully saturated rings. The first-order valence-corrected chi connectivity index (χ1v) is 6.99. The number of hydrogen-bond donors (Lipinski definition) is 0. The Hall–Kier alpha value is -0.0800. The van der Waals surface area contributed by atoms with Gasteiger partial charge in [0.25, 0.3) is 0 Å². The zero-order valence-electron chi connectivity index (χ0n) is 11.3. The van der Waals surface area contributed by atoms with E-state index < -0.39 is 0 Å². The number of piperidine rings is 1. The zero-order valence-corrected chi connectivity index (χ0v) is 11.3. The summed E-state index contributed by atoms with van der Waals surface area (Å²) in [5, 5.41) is 0. The van der Waals surface area contributed by atoms with Crippen LogP contribution >= 0.6 is 0 Å². The van der Waals surface area contributed by atoms with Gasteiger partial charge in [-0.15, -0.1) is 0 Å². The van der Waals surface area contributed by atoms with E-state index in [2.05, 4.69) is 32.6 Å². The molecule has 0 aromatic carbocycles. The Morgan fingerprint density at radius 3 is 2.44 bits per heavy atom. The molecule has 16 heavy (non-hydrogen) atoms. The van der Waals surface area contributed by atoms with Crippen molar-refractivity contribution < 1.29 is 4.74 Å². The van der Waals surface area contributed by atoms with Crippen molar-refractivity contribution in [3.05, 3.63) is 0 Å². The van der Waals surface area contributed by atoms with Gasteiger partial charge >= 0.3 is 0 Å². The van der Waals surface area contributed by atoms with Gasteiger partial charge in [-0.1, -0.05) is 20.8 Å². The van der Waals surface area contributed by atoms with Crippen LogP contribution in [0.3, 0.4) is 0 Å². The van der Waals surface area contributed by atoms with E-state index in [9.17, 15) is 0 Å². The smallest absolute Gasteiger partial charge is 0.0736 e. The van der Waals surface area contributed by atoms with Crippen molar-refractivity contribution in [1.29, 1.82) is 0 Å². The first-order valence-electron chi connectivity index (χ1n) is 6.99. The topological polar surface area (TPSA) is 12.5 Å². The number of likely N-dealkylation sites (tertiary alicyclic amines) is 1. The maximum atomic E-state index is 6.28. The number of fused-ring (bicyclic) bond motifs is 1. The van der Waals surface area contributed by atoms with Gasteiger partial charge in [0.2, 0.25) is 0 Å². The molecule has 2 aliphatic rings. The van der Waals surface area contributed by atoms with Crippen LogP contribution in [0.4, 0.5) is 0 Å². The molecule has 0 radical (unpaired) electrons. The summed E-state index contributed by atoms with van der Waals surface area (Å²) in [5.74, 6) is 2.43. The van der Waals surface area contributed by atoms with Crippen LogP contribution in [-0.4, -0.2) is 36.7 Å². The lowest BCUT2D eigenvalue weighted by molar-refractivity contribution is -0.130. The highest BCUT2D eigenvalue weighted by atomic mass is 16.5. The Morgan fingerprint density at radius 1 is 1.19 bits per heavy atom. The monoisotopic (exact) mass is 225 g/mol. The molecule has 0 aromatic rings. The van der Waals surface area contributed by atoms with Crippen molar-refractivity contribution >= 4 is 0 Å². The van der Waals surface area contributed by atoms with Gasteiger partial charge in [0.15, 0.2) is 0 Å². The minimum atomic E-state index is 0.406. The molecule has 1 saturated heterocycles. The zero-order chi connectivity index (χ0) is 11.7. The average Bonchev–Trinajstić information content (AvgIpc) is 2.20. The van der Waals surface area contributed by atoms with Crippen molar-refractivity contribution in [2.75, 3.05) is 19.6 Å². The van der Waals surface area contributed by atoms with Crippen LogP contribution in [0.5, 0.6) is 0 Å². The van der Waals surface area contributed by atoms with Crippen LogP contribution in [0.2, 0.25) is 0 Å². The molecule has 1 saturated carbocycles. The number of hydrogen-bond acceptors (Lipinski definition) is 2. The van der Waals surface area contributed by atoms with Gasteiger partial charge in [-0.2, -0.15) is 0 Å². The van der Waals surface area contributed by atoms with Gasteiger partial charge in [-0.3, -0.25) is 0 Å². The third-order valence-electron chi connectivity index (χ3n) is 4.66. The van der Waals surface area contributed by atoms with E-state index in [1.165, 1.54) is 25.9 Å². The molecule has 1 heterocycles. The first kappa shape index (κ1) is 12.4. The summed E-state index contributed by atoms with van der Waals surface area (Å²) in [6, 6.07) is 0. The summed E-state index contributed by atoms with van der Waals surface area (Å²) >= 11 is 0. The van der Waals surface area contributed by atoms with Crippen LogP contribution < -0.4 is 0 Å². The molecule has 1 aliphatic carbocycles. The Labute approximate surface area is 100 Å². The number of nitrogens with zero attached hydrogens (tertiary/aromatic N) is 1. The molecular formula is C14H27NO. The molecule has 0 unspecified atom stereocenters. The quantitative estimate of drug-likeness (QED) is 0.729. The first-order chi connectivity index (χ1) is 7.61. The lowest BCUT2D eigenvalue weighted by Gasteiger charge is -2.50. The molecule has 0 N–H and O–H groups in total. The summed E-state index contributed by atoms with van der Waals surface area (Å²) in [7, 11) is 0. The lowest BCUT2D eigenvalue weighted by atomic mass is 9.68. The van der Waals surface area contributed by atoms with Gasteiger partial charge in [0.1, 0.15) is 0 Å².